The van der Waals surface area contributed by atoms with E-state index in [0.717, 1.165) is 0 Å². The second-order valence-corrected chi connectivity index (χ2v) is 5.67. The van der Waals surface area contributed by atoms with Gasteiger partial charge in [0.15, 0.2) is 0 Å². The lowest BCUT2D eigenvalue weighted by molar-refractivity contribution is 0.0950. The third kappa shape index (κ3) is 5.02. The molecule has 6 heteroatoms. The number of nitrogens with two attached hydrogens (primary N) is 1. The highest BCUT2D eigenvalue weighted by molar-refractivity contribution is 7.99. The summed E-state index contributed by atoms with van der Waals surface area (Å²) in [5.74, 6) is 0.500. The van der Waals surface area contributed by atoms with Crippen LogP contribution in [0.25, 0.3) is 0 Å². The van der Waals surface area contributed by atoms with Crippen LogP contribution in [-0.4, -0.2) is 23.5 Å². The highest BCUT2D eigenvalue weighted by Crippen LogP contribution is 2.19. The van der Waals surface area contributed by atoms with Crippen molar-refractivity contribution in [2.45, 2.75) is 25.1 Å². The van der Waals surface area contributed by atoms with Gasteiger partial charge in [0.1, 0.15) is 12.0 Å². The summed E-state index contributed by atoms with van der Waals surface area (Å²) in [6.45, 7) is 5.09. The van der Waals surface area contributed by atoms with E-state index in [0.29, 0.717) is 24.4 Å². The maximum Gasteiger partial charge on any atom is 0.254 e. The molecule has 0 radical (unpaired) electrons. The molecular formula is C11H19ClN2O2S. The molecule has 0 aliphatic carbocycles. The fourth-order valence-electron chi connectivity index (χ4n) is 1.07. The largest absolute Gasteiger partial charge is 0.467 e. The van der Waals surface area contributed by atoms with Crippen molar-refractivity contribution in [1.82, 2.24) is 5.32 Å². The molecule has 0 unspecified atom stereocenters. The normalized spacial score (nSPS) is 10.8. The van der Waals surface area contributed by atoms with Gasteiger partial charge in [-0.1, -0.05) is 0 Å². The molecule has 0 aromatic carbocycles. The van der Waals surface area contributed by atoms with E-state index in [-0.39, 0.29) is 23.1 Å². The van der Waals surface area contributed by atoms with Gasteiger partial charge >= 0.3 is 0 Å². The molecule has 17 heavy (non-hydrogen) atoms. The van der Waals surface area contributed by atoms with Crippen molar-refractivity contribution in [1.29, 1.82) is 0 Å². The van der Waals surface area contributed by atoms with E-state index in [1.807, 2.05) is 6.26 Å². The minimum Gasteiger partial charge on any atom is -0.467 e. The van der Waals surface area contributed by atoms with E-state index in [9.17, 15) is 4.79 Å². The summed E-state index contributed by atoms with van der Waals surface area (Å²) in [7, 11) is 0. The Bertz CT molecular complexity index is 366. The van der Waals surface area contributed by atoms with Crippen LogP contribution in [0.2, 0.25) is 0 Å². The van der Waals surface area contributed by atoms with Crippen molar-refractivity contribution >= 4 is 30.1 Å². The third-order valence-electron chi connectivity index (χ3n) is 2.34. The fraction of sp³-hybridized carbons (Fsp3) is 0.545. The van der Waals surface area contributed by atoms with Crippen molar-refractivity contribution in [2.75, 3.05) is 12.8 Å². The topological polar surface area (TPSA) is 68.3 Å². The molecule has 1 aromatic rings. The van der Waals surface area contributed by atoms with Gasteiger partial charge in [-0.3, -0.25) is 4.79 Å². The van der Waals surface area contributed by atoms with Gasteiger partial charge in [-0.2, -0.15) is 11.8 Å². The van der Waals surface area contributed by atoms with Crippen LogP contribution < -0.4 is 11.1 Å². The quantitative estimate of drug-likeness (QED) is 0.865. The lowest BCUT2D eigenvalue weighted by atomic mass is 10.2. The average molecular weight is 279 g/mol. The summed E-state index contributed by atoms with van der Waals surface area (Å²) < 4.78 is 5.14. The first-order valence-corrected chi connectivity index (χ1v) is 6.32. The van der Waals surface area contributed by atoms with Crippen LogP contribution in [-0.2, 0) is 6.54 Å². The molecule has 0 saturated heterocycles. The van der Waals surface area contributed by atoms with Crippen molar-refractivity contribution in [3.05, 3.63) is 23.7 Å². The van der Waals surface area contributed by atoms with E-state index in [1.165, 1.54) is 6.26 Å². The average Bonchev–Trinajstić information content (AvgIpc) is 2.74. The summed E-state index contributed by atoms with van der Waals surface area (Å²) in [6, 6.07) is 1.67. The highest BCUT2D eigenvalue weighted by Gasteiger charge is 2.18. The molecule has 4 nitrogen and oxygen atoms in total. The van der Waals surface area contributed by atoms with Gasteiger partial charge in [-0.25, -0.2) is 0 Å². The Labute approximate surface area is 112 Å². The molecule has 0 aliphatic rings. The fourth-order valence-corrected chi connectivity index (χ4v) is 1.29. The molecule has 1 aromatic heterocycles. The Morgan fingerprint density at radius 1 is 1.59 bits per heavy atom. The van der Waals surface area contributed by atoms with Crippen LogP contribution in [0.5, 0.6) is 0 Å². The van der Waals surface area contributed by atoms with Gasteiger partial charge in [-0.05, 0) is 26.2 Å². The highest BCUT2D eigenvalue weighted by atomic mass is 35.5. The molecule has 1 amide bonds. The molecule has 0 saturated carbocycles. The van der Waals surface area contributed by atoms with Gasteiger partial charge in [0, 0.05) is 11.3 Å². The number of carbonyl (C=O) groups is 1. The maximum absolute atomic E-state index is 11.7. The standard InChI is InChI=1S/C11H18N2O2S.ClH/c1-11(2,16-3)7-13-10(14)8-4-9(5-12)15-6-8;/h4,6H,5,7,12H2,1-3H3,(H,13,14);1H. The zero-order chi connectivity index (χ0) is 12.2. The number of hydrogen-bond acceptors (Lipinski definition) is 4. The number of furan rings is 1. The summed E-state index contributed by atoms with van der Waals surface area (Å²) in [4.78, 5) is 11.7. The zero-order valence-electron chi connectivity index (χ0n) is 10.3. The van der Waals surface area contributed by atoms with E-state index < -0.39 is 0 Å². The number of halogens is 1. The van der Waals surface area contributed by atoms with Crippen LogP contribution >= 0.6 is 24.2 Å². The van der Waals surface area contributed by atoms with Crippen molar-refractivity contribution < 1.29 is 9.21 Å². The van der Waals surface area contributed by atoms with E-state index in [1.54, 1.807) is 17.8 Å². The maximum atomic E-state index is 11.7. The molecule has 3 N–H and O–H groups in total. The minimum absolute atomic E-state index is 0. The van der Waals surface area contributed by atoms with Crippen LogP contribution in [0, 0.1) is 0 Å². The summed E-state index contributed by atoms with van der Waals surface area (Å²) >= 11 is 1.72. The van der Waals surface area contributed by atoms with E-state index in [4.69, 9.17) is 10.2 Å². The van der Waals surface area contributed by atoms with E-state index in [2.05, 4.69) is 19.2 Å². The van der Waals surface area contributed by atoms with Gasteiger partial charge in [0.2, 0.25) is 0 Å². The summed E-state index contributed by atoms with van der Waals surface area (Å²) in [6.07, 6.45) is 3.46. The molecule has 1 heterocycles. The number of rotatable bonds is 5. The molecule has 0 aliphatic heterocycles. The van der Waals surface area contributed by atoms with Crippen molar-refractivity contribution in [3.8, 4) is 0 Å². The Balaban J connectivity index is 0.00000256. The SMILES string of the molecule is CSC(C)(C)CNC(=O)c1coc(CN)c1.Cl. The molecule has 98 valence electrons. The Morgan fingerprint density at radius 3 is 2.71 bits per heavy atom. The minimum atomic E-state index is -0.120. The summed E-state index contributed by atoms with van der Waals surface area (Å²) in [5.41, 5.74) is 5.92. The molecule has 1 rings (SSSR count). The first-order chi connectivity index (χ1) is 7.48. The molecule has 0 fully saturated rings. The zero-order valence-corrected chi connectivity index (χ0v) is 11.9. The van der Waals surface area contributed by atoms with Gasteiger partial charge in [0.05, 0.1) is 12.1 Å². The smallest absolute Gasteiger partial charge is 0.254 e. The van der Waals surface area contributed by atoms with E-state index >= 15 is 0 Å². The number of carbonyl (C=O) groups excluding carboxylic acids is 1. The Kier molecular flexibility index (Phi) is 6.67. The van der Waals surface area contributed by atoms with Gasteiger partial charge in [-0.15, -0.1) is 12.4 Å². The Morgan fingerprint density at radius 2 is 2.24 bits per heavy atom. The molecule has 0 spiro atoms. The predicted octanol–water partition coefficient (Wildman–Crippen LogP) is 2.03. The van der Waals surface area contributed by atoms with Crippen LogP contribution in [0.1, 0.15) is 30.0 Å². The third-order valence-corrected chi connectivity index (χ3v) is 3.59. The monoisotopic (exact) mass is 278 g/mol. The van der Waals surface area contributed by atoms with Crippen molar-refractivity contribution in [3.63, 3.8) is 0 Å². The number of amides is 1. The number of thioether (sulfide) groups is 1. The van der Waals surface area contributed by atoms with Crippen LogP contribution in [0.15, 0.2) is 16.7 Å². The van der Waals surface area contributed by atoms with Gasteiger partial charge < -0.3 is 15.5 Å². The molecule has 0 atom stereocenters. The van der Waals surface area contributed by atoms with Crippen LogP contribution in [0.4, 0.5) is 0 Å². The number of hydrogen-bond donors (Lipinski definition) is 2. The second-order valence-electron chi connectivity index (χ2n) is 4.15. The predicted molar refractivity (Wildman–Crippen MR) is 73.8 cm³/mol. The first kappa shape index (κ1) is 16.4. The van der Waals surface area contributed by atoms with Gasteiger partial charge in [0.25, 0.3) is 5.91 Å². The number of nitrogens with one attached hydrogen (secondary N) is 1. The first-order valence-electron chi connectivity index (χ1n) is 5.09. The Hall–Kier alpha value is -0.650. The van der Waals surface area contributed by atoms with Crippen LogP contribution in [0.3, 0.4) is 0 Å². The lowest BCUT2D eigenvalue weighted by Gasteiger charge is -2.21. The lowest BCUT2D eigenvalue weighted by Crippen LogP contribution is -2.35. The molecular weight excluding hydrogens is 260 g/mol. The summed E-state index contributed by atoms with van der Waals surface area (Å²) in [5, 5.41) is 2.87. The molecule has 0 bridgehead atoms. The second kappa shape index (κ2) is 6.93. The van der Waals surface area contributed by atoms with Crippen molar-refractivity contribution in [2.24, 2.45) is 5.73 Å².